The topological polar surface area (TPSA) is 30.9 Å². The summed E-state index contributed by atoms with van der Waals surface area (Å²) >= 11 is 0. The van der Waals surface area contributed by atoms with Crippen molar-refractivity contribution < 1.29 is 0 Å². The van der Waals surface area contributed by atoms with Crippen molar-refractivity contribution in [3.63, 3.8) is 0 Å². The zero-order valence-electron chi connectivity index (χ0n) is 12.3. The van der Waals surface area contributed by atoms with E-state index in [1.807, 2.05) is 0 Å². The van der Waals surface area contributed by atoms with E-state index in [1.54, 1.807) is 0 Å². The zero-order valence-corrected chi connectivity index (χ0v) is 12.3. The summed E-state index contributed by atoms with van der Waals surface area (Å²) in [6.45, 7) is 6.42. The Balaban J connectivity index is 1.54. The number of benzene rings is 1. The van der Waals surface area contributed by atoms with Crippen molar-refractivity contribution in [2.45, 2.75) is 19.0 Å². The lowest BCUT2D eigenvalue weighted by Crippen LogP contribution is -2.51. The number of aliphatic imine (C=N–C) groups is 1. The molecule has 1 atom stereocenters. The third-order valence-electron chi connectivity index (χ3n) is 4.19. The minimum absolute atomic E-state index is 0.534. The Morgan fingerprint density at radius 2 is 2.10 bits per heavy atom. The van der Waals surface area contributed by atoms with Gasteiger partial charge in [0.05, 0.1) is 6.54 Å². The average molecular weight is 272 g/mol. The van der Waals surface area contributed by atoms with E-state index in [4.69, 9.17) is 0 Å². The van der Waals surface area contributed by atoms with Crippen molar-refractivity contribution in [2.75, 3.05) is 39.8 Å². The molecule has 1 aromatic carbocycles. The summed E-state index contributed by atoms with van der Waals surface area (Å²) in [7, 11) is 2.15. The summed E-state index contributed by atoms with van der Waals surface area (Å²) in [5.74, 6) is 1.27. The quantitative estimate of drug-likeness (QED) is 0.893. The summed E-state index contributed by atoms with van der Waals surface area (Å²) in [4.78, 5) is 9.44. The van der Waals surface area contributed by atoms with Gasteiger partial charge in [-0.05, 0) is 5.56 Å². The number of hydrogen-bond acceptors (Lipinski definition) is 4. The number of hydrogen-bond donors (Lipinski definition) is 1. The van der Waals surface area contributed by atoms with Crippen molar-refractivity contribution >= 4 is 5.84 Å². The smallest absolute Gasteiger partial charge is 0.100 e. The van der Waals surface area contributed by atoms with Crippen LogP contribution in [0.2, 0.25) is 0 Å². The molecule has 0 saturated carbocycles. The number of amidine groups is 1. The van der Waals surface area contributed by atoms with E-state index in [9.17, 15) is 0 Å². The van der Waals surface area contributed by atoms with E-state index < -0.39 is 0 Å². The van der Waals surface area contributed by atoms with E-state index in [1.165, 1.54) is 11.4 Å². The van der Waals surface area contributed by atoms with Crippen LogP contribution in [0.1, 0.15) is 12.0 Å². The van der Waals surface area contributed by atoms with Gasteiger partial charge in [0.1, 0.15) is 5.84 Å². The molecule has 3 rings (SSSR count). The number of rotatable bonds is 4. The van der Waals surface area contributed by atoms with Gasteiger partial charge in [-0.2, -0.15) is 0 Å². The van der Waals surface area contributed by atoms with E-state index in [0.29, 0.717) is 6.04 Å². The van der Waals surface area contributed by atoms with Crippen LogP contribution in [-0.2, 0) is 6.54 Å². The first kappa shape index (κ1) is 13.6. The molecule has 2 aliphatic heterocycles. The van der Waals surface area contributed by atoms with Gasteiger partial charge >= 0.3 is 0 Å². The van der Waals surface area contributed by atoms with Crippen LogP contribution in [0.15, 0.2) is 35.3 Å². The molecule has 0 spiro atoms. The van der Waals surface area contributed by atoms with Gasteiger partial charge < -0.3 is 10.2 Å². The lowest BCUT2D eigenvalue weighted by atomic mass is 10.1. The fourth-order valence-corrected chi connectivity index (χ4v) is 3.04. The Hall–Kier alpha value is -1.39. The molecule has 20 heavy (non-hydrogen) atoms. The van der Waals surface area contributed by atoms with E-state index in [-0.39, 0.29) is 0 Å². The van der Waals surface area contributed by atoms with Crippen molar-refractivity contribution in [1.82, 2.24) is 15.1 Å². The largest absolute Gasteiger partial charge is 0.362 e. The van der Waals surface area contributed by atoms with Crippen LogP contribution in [0, 0.1) is 0 Å². The fourth-order valence-electron chi connectivity index (χ4n) is 3.04. The zero-order chi connectivity index (χ0) is 13.8. The van der Waals surface area contributed by atoms with Crippen molar-refractivity contribution in [3.05, 3.63) is 35.9 Å². The molecule has 2 heterocycles. The highest BCUT2D eigenvalue weighted by Gasteiger charge is 2.23. The summed E-state index contributed by atoms with van der Waals surface area (Å²) < 4.78 is 0. The maximum absolute atomic E-state index is 4.60. The first-order valence-electron chi connectivity index (χ1n) is 7.55. The number of piperazine rings is 1. The van der Waals surface area contributed by atoms with Gasteiger partial charge in [0.2, 0.25) is 0 Å². The van der Waals surface area contributed by atoms with Crippen molar-refractivity contribution in [2.24, 2.45) is 4.99 Å². The molecule has 0 amide bonds. The predicted molar refractivity (Wildman–Crippen MR) is 83.1 cm³/mol. The number of likely N-dealkylation sites (N-methyl/N-ethyl adjacent to an activating group) is 1. The highest BCUT2D eigenvalue weighted by atomic mass is 15.2. The molecule has 4 heteroatoms. The molecular weight excluding hydrogens is 248 g/mol. The van der Waals surface area contributed by atoms with Crippen molar-refractivity contribution in [1.29, 1.82) is 0 Å². The summed E-state index contributed by atoms with van der Waals surface area (Å²) in [5.41, 5.74) is 1.41. The molecule has 1 saturated heterocycles. The summed E-state index contributed by atoms with van der Waals surface area (Å²) in [6.07, 6.45) is 1.06. The lowest BCUT2D eigenvalue weighted by molar-refractivity contribution is 0.193. The first-order chi connectivity index (χ1) is 9.81. The molecule has 1 fully saturated rings. The molecule has 1 unspecified atom stereocenters. The molecule has 1 N–H and O–H groups in total. The second-order valence-corrected chi connectivity index (χ2v) is 5.80. The average Bonchev–Trinajstić information content (AvgIpc) is 2.86. The van der Waals surface area contributed by atoms with Gasteiger partial charge in [0.25, 0.3) is 0 Å². The van der Waals surface area contributed by atoms with Gasteiger partial charge in [-0.25, -0.2) is 0 Å². The summed E-state index contributed by atoms with van der Waals surface area (Å²) in [6, 6.07) is 11.3. The van der Waals surface area contributed by atoms with Crippen LogP contribution in [0.4, 0.5) is 0 Å². The molecule has 4 nitrogen and oxygen atoms in total. The van der Waals surface area contributed by atoms with Gasteiger partial charge in [-0.3, -0.25) is 9.89 Å². The third-order valence-corrected chi connectivity index (χ3v) is 4.19. The van der Waals surface area contributed by atoms with Crippen LogP contribution in [0.5, 0.6) is 0 Å². The maximum Gasteiger partial charge on any atom is 0.100 e. The second-order valence-electron chi connectivity index (χ2n) is 5.80. The molecular formula is C16H24N4. The SMILES string of the molecule is CN1CCN=C1CC1CN(Cc2ccccc2)CCN1. The number of nitrogens with one attached hydrogen (secondary N) is 1. The first-order valence-corrected chi connectivity index (χ1v) is 7.55. The Morgan fingerprint density at radius 3 is 2.85 bits per heavy atom. The fraction of sp³-hybridized carbons (Fsp3) is 0.562. The molecule has 0 aromatic heterocycles. The lowest BCUT2D eigenvalue weighted by Gasteiger charge is -2.34. The molecule has 0 bridgehead atoms. The van der Waals surface area contributed by atoms with Gasteiger partial charge in [-0.15, -0.1) is 0 Å². The molecule has 2 aliphatic rings. The summed E-state index contributed by atoms with van der Waals surface area (Å²) in [5, 5.41) is 3.63. The maximum atomic E-state index is 4.60. The standard InChI is InChI=1S/C16H24N4/c1-19-9-7-18-16(19)11-15-13-20(10-8-17-15)12-14-5-3-2-4-6-14/h2-6,15,17H,7-13H2,1H3. The van der Waals surface area contributed by atoms with Crippen LogP contribution in [0.25, 0.3) is 0 Å². The van der Waals surface area contributed by atoms with Gasteiger partial charge in [0.15, 0.2) is 0 Å². The van der Waals surface area contributed by atoms with Crippen LogP contribution in [-0.4, -0.2) is 61.4 Å². The highest BCUT2D eigenvalue weighted by molar-refractivity contribution is 5.84. The van der Waals surface area contributed by atoms with Crippen molar-refractivity contribution in [3.8, 4) is 0 Å². The van der Waals surface area contributed by atoms with E-state index in [0.717, 1.165) is 45.7 Å². The number of nitrogens with zero attached hydrogens (tertiary/aromatic N) is 3. The van der Waals surface area contributed by atoms with Crippen LogP contribution < -0.4 is 5.32 Å². The predicted octanol–water partition coefficient (Wildman–Crippen LogP) is 1.19. The van der Waals surface area contributed by atoms with Crippen LogP contribution in [0.3, 0.4) is 0 Å². The minimum Gasteiger partial charge on any atom is -0.362 e. The second kappa shape index (κ2) is 6.37. The molecule has 0 aliphatic carbocycles. The van der Waals surface area contributed by atoms with Gasteiger partial charge in [0, 0.05) is 52.2 Å². The molecule has 1 aromatic rings. The van der Waals surface area contributed by atoms with Gasteiger partial charge in [-0.1, -0.05) is 30.3 Å². The monoisotopic (exact) mass is 272 g/mol. The van der Waals surface area contributed by atoms with E-state index in [2.05, 4.69) is 57.5 Å². The highest BCUT2D eigenvalue weighted by Crippen LogP contribution is 2.11. The Kier molecular flexibility index (Phi) is 4.33. The molecule has 0 radical (unpaired) electrons. The molecule has 108 valence electrons. The van der Waals surface area contributed by atoms with E-state index >= 15 is 0 Å². The Morgan fingerprint density at radius 1 is 1.25 bits per heavy atom. The Bertz CT molecular complexity index is 457. The Labute approximate surface area is 121 Å². The minimum atomic E-state index is 0.534. The normalized spacial score (nSPS) is 23.9. The van der Waals surface area contributed by atoms with Crippen LogP contribution >= 0.6 is 0 Å². The third kappa shape index (κ3) is 3.38.